The topological polar surface area (TPSA) is 106 Å². The average molecular weight is 525 g/mol. The molecule has 3 atom stereocenters. The zero-order chi connectivity index (χ0) is 25.9. The van der Waals surface area contributed by atoms with Crippen molar-refractivity contribution in [3.8, 4) is 0 Å². The van der Waals surface area contributed by atoms with Crippen LogP contribution in [-0.2, 0) is 0 Å². The quantitative estimate of drug-likeness (QED) is 0.546. The highest BCUT2D eigenvalue weighted by Gasteiger charge is 2.55. The fourth-order valence-electron chi connectivity index (χ4n) is 7.57. The Hall–Kier alpha value is -2.84. The Bertz CT molecular complexity index is 1220. The first-order valence-corrected chi connectivity index (χ1v) is 13.6. The van der Waals surface area contributed by atoms with Gasteiger partial charge in [-0.1, -0.05) is 17.7 Å². The number of benzene rings is 1. The number of aromatic nitrogens is 1. The number of piperazine rings is 1. The van der Waals surface area contributed by atoms with Crippen molar-refractivity contribution in [3.05, 3.63) is 52.7 Å². The number of hydrogen-bond donors (Lipinski definition) is 3. The van der Waals surface area contributed by atoms with Gasteiger partial charge in [-0.15, -0.1) is 0 Å². The van der Waals surface area contributed by atoms with Crippen LogP contribution in [0.5, 0.6) is 0 Å². The van der Waals surface area contributed by atoms with Gasteiger partial charge in [-0.25, -0.2) is 9.78 Å². The van der Waals surface area contributed by atoms with Gasteiger partial charge in [0.05, 0.1) is 21.9 Å². The van der Waals surface area contributed by atoms with Crippen molar-refractivity contribution in [2.45, 2.75) is 56.7 Å². The van der Waals surface area contributed by atoms with Crippen molar-refractivity contribution in [3.63, 3.8) is 0 Å². The lowest BCUT2D eigenvalue weighted by Crippen LogP contribution is -2.61. The van der Waals surface area contributed by atoms with E-state index in [1.807, 2.05) is 12.1 Å². The number of carbonyl (C=O) groups is 2. The minimum atomic E-state index is -0.998. The van der Waals surface area contributed by atoms with E-state index >= 15 is 0 Å². The summed E-state index contributed by atoms with van der Waals surface area (Å²) in [6, 6.07) is 10.7. The monoisotopic (exact) mass is 524 g/mol. The molecule has 1 amide bonds. The van der Waals surface area contributed by atoms with Crippen molar-refractivity contribution in [2.75, 3.05) is 29.4 Å². The first kappa shape index (κ1) is 24.5. The Kier molecular flexibility index (Phi) is 6.07. The van der Waals surface area contributed by atoms with Gasteiger partial charge < -0.3 is 25.3 Å². The number of hydrogen-bond acceptors (Lipinski definition) is 6. The lowest BCUT2D eigenvalue weighted by molar-refractivity contribution is -0.136. The summed E-state index contributed by atoms with van der Waals surface area (Å²) in [5.41, 5.74) is 0.896. The van der Waals surface area contributed by atoms with Crippen molar-refractivity contribution >= 4 is 35.0 Å². The third kappa shape index (κ3) is 4.55. The first-order chi connectivity index (χ1) is 17.7. The van der Waals surface area contributed by atoms with Gasteiger partial charge in [-0.05, 0) is 87.1 Å². The first-order valence-electron chi connectivity index (χ1n) is 13.2. The number of aliphatic hydroxyl groups is 1. The second-order valence-electron chi connectivity index (χ2n) is 11.5. The zero-order valence-corrected chi connectivity index (χ0v) is 21.7. The Morgan fingerprint density at radius 1 is 1.11 bits per heavy atom. The fourth-order valence-corrected chi connectivity index (χ4v) is 7.87. The second-order valence-corrected chi connectivity index (χ2v) is 11.9. The van der Waals surface area contributed by atoms with Crippen LogP contribution in [-0.4, -0.2) is 64.4 Å². The summed E-state index contributed by atoms with van der Waals surface area (Å²) in [6.07, 6.45) is 4.71. The molecule has 4 bridgehead atoms. The number of halogens is 1. The van der Waals surface area contributed by atoms with Gasteiger partial charge in [0.1, 0.15) is 11.5 Å². The van der Waals surface area contributed by atoms with Gasteiger partial charge in [0.25, 0.3) is 5.91 Å². The third-order valence-corrected chi connectivity index (χ3v) is 9.27. The van der Waals surface area contributed by atoms with E-state index in [1.165, 1.54) is 6.07 Å². The molecule has 4 aliphatic carbocycles. The van der Waals surface area contributed by atoms with Crippen LogP contribution >= 0.6 is 11.6 Å². The number of nitrogens with zero attached hydrogens (tertiary/aromatic N) is 3. The number of pyridine rings is 1. The summed E-state index contributed by atoms with van der Waals surface area (Å²) in [4.78, 5) is 33.6. The van der Waals surface area contributed by atoms with Crippen LogP contribution in [0.3, 0.4) is 0 Å². The molecule has 1 aliphatic heterocycles. The highest BCUT2D eigenvalue weighted by Crippen LogP contribution is 2.55. The van der Waals surface area contributed by atoms with Gasteiger partial charge in [0.15, 0.2) is 0 Å². The molecule has 1 aromatic heterocycles. The number of anilines is 2. The van der Waals surface area contributed by atoms with Crippen LogP contribution in [0.2, 0.25) is 5.02 Å². The van der Waals surface area contributed by atoms with Gasteiger partial charge in [-0.2, -0.15) is 0 Å². The number of rotatable bonds is 5. The van der Waals surface area contributed by atoms with E-state index in [1.54, 1.807) is 18.2 Å². The molecule has 9 heteroatoms. The Balaban J connectivity index is 1.13. The van der Waals surface area contributed by atoms with Gasteiger partial charge in [0, 0.05) is 31.7 Å². The number of carbonyl (C=O) groups excluding carboxylic acids is 1. The number of carboxylic acid groups (broad SMARTS) is 1. The standard InChI is InChI=1S/C28H33ClN4O4/c1-16-15-32(23-6-5-18(27(35)36)11-21(23)29)7-8-33(16)24-4-2-3-22(30-24)26(34)31-25-19-9-17-10-20(25)14-28(37,12-17)13-19/h2-6,11,16-17,19-20,25,37H,7-10,12-15H2,1H3,(H,31,34)(H,35,36)/t16-,17?,19?,20?,25-,28-/m1/s1. The number of aromatic carboxylic acids is 1. The smallest absolute Gasteiger partial charge is 0.335 e. The Morgan fingerprint density at radius 3 is 2.51 bits per heavy atom. The predicted molar refractivity (Wildman–Crippen MR) is 141 cm³/mol. The third-order valence-electron chi connectivity index (χ3n) is 8.96. The molecule has 2 aromatic rings. The summed E-state index contributed by atoms with van der Waals surface area (Å²) >= 11 is 6.41. The van der Waals surface area contributed by atoms with Crippen molar-refractivity contribution in [2.24, 2.45) is 17.8 Å². The summed E-state index contributed by atoms with van der Waals surface area (Å²) in [6.45, 7) is 4.20. The number of carboxylic acids is 1. The van der Waals surface area contributed by atoms with Crippen LogP contribution in [0.25, 0.3) is 0 Å². The van der Waals surface area contributed by atoms with Gasteiger partial charge in [-0.3, -0.25) is 4.79 Å². The van der Waals surface area contributed by atoms with E-state index in [0.29, 0.717) is 48.1 Å². The molecule has 5 fully saturated rings. The molecule has 1 aromatic carbocycles. The Morgan fingerprint density at radius 2 is 1.86 bits per heavy atom. The van der Waals surface area contributed by atoms with Crippen LogP contribution in [0.4, 0.5) is 11.5 Å². The molecule has 7 rings (SSSR count). The lowest BCUT2D eigenvalue weighted by Gasteiger charge is -2.58. The molecule has 8 nitrogen and oxygen atoms in total. The Labute approximate surface area is 221 Å². The maximum Gasteiger partial charge on any atom is 0.335 e. The molecule has 2 unspecified atom stereocenters. The largest absolute Gasteiger partial charge is 0.478 e. The number of nitrogens with one attached hydrogen (secondary N) is 1. The molecule has 5 aliphatic rings. The molecule has 2 heterocycles. The van der Waals surface area contributed by atoms with Crippen LogP contribution in [0.1, 0.15) is 59.9 Å². The minimum Gasteiger partial charge on any atom is -0.478 e. The van der Waals surface area contributed by atoms with Gasteiger partial charge in [0.2, 0.25) is 0 Å². The van der Waals surface area contributed by atoms with Crippen LogP contribution in [0.15, 0.2) is 36.4 Å². The van der Waals surface area contributed by atoms with E-state index in [-0.39, 0.29) is 23.6 Å². The molecular weight excluding hydrogens is 492 g/mol. The van der Waals surface area contributed by atoms with E-state index in [2.05, 4.69) is 22.0 Å². The second kappa shape index (κ2) is 9.17. The molecule has 0 radical (unpaired) electrons. The highest BCUT2D eigenvalue weighted by molar-refractivity contribution is 6.33. The predicted octanol–water partition coefficient (Wildman–Crippen LogP) is 3.82. The molecular formula is C28H33ClN4O4. The molecule has 0 spiro atoms. The summed E-state index contributed by atoms with van der Waals surface area (Å²) < 4.78 is 0. The van der Waals surface area contributed by atoms with Crippen molar-refractivity contribution in [1.82, 2.24) is 10.3 Å². The van der Waals surface area contributed by atoms with Crippen molar-refractivity contribution in [1.29, 1.82) is 0 Å². The maximum atomic E-state index is 13.3. The molecule has 37 heavy (non-hydrogen) atoms. The normalized spacial score (nSPS) is 32.5. The zero-order valence-electron chi connectivity index (χ0n) is 20.9. The van der Waals surface area contributed by atoms with Crippen LogP contribution in [0, 0.1) is 17.8 Å². The molecule has 196 valence electrons. The average Bonchev–Trinajstić information content (AvgIpc) is 2.85. The number of amides is 1. The van der Waals surface area contributed by atoms with Gasteiger partial charge >= 0.3 is 5.97 Å². The van der Waals surface area contributed by atoms with Crippen LogP contribution < -0.4 is 15.1 Å². The lowest BCUT2D eigenvalue weighted by atomic mass is 9.52. The SMILES string of the molecule is C[C@@H]1CN(c2ccc(C(=O)O)cc2Cl)CCN1c1cccc(C(=O)N[C@H]2C3CC4CC2C[C@](O)(C4)C3)n1. The van der Waals surface area contributed by atoms with E-state index < -0.39 is 11.6 Å². The highest BCUT2D eigenvalue weighted by atomic mass is 35.5. The maximum absolute atomic E-state index is 13.3. The minimum absolute atomic E-state index is 0.111. The fraction of sp³-hybridized carbons (Fsp3) is 0.536. The molecule has 1 saturated heterocycles. The summed E-state index contributed by atoms with van der Waals surface area (Å²) in [7, 11) is 0. The summed E-state index contributed by atoms with van der Waals surface area (Å²) in [5.74, 6) is 0.944. The molecule has 4 saturated carbocycles. The van der Waals surface area contributed by atoms with Crippen molar-refractivity contribution < 1.29 is 19.8 Å². The van der Waals surface area contributed by atoms with E-state index in [0.717, 1.165) is 43.6 Å². The van der Waals surface area contributed by atoms with E-state index in [4.69, 9.17) is 16.6 Å². The van der Waals surface area contributed by atoms with E-state index in [9.17, 15) is 19.8 Å². The summed E-state index contributed by atoms with van der Waals surface area (Å²) in [5, 5.41) is 23.8. The molecule has 3 N–H and O–H groups in total.